The van der Waals surface area contributed by atoms with Crippen LogP contribution in [-0.2, 0) is 38.1 Å². The summed E-state index contributed by atoms with van der Waals surface area (Å²) in [5, 5.41) is 33.5. The molecule has 4 amide bonds. The maximum absolute atomic E-state index is 17.0. The Labute approximate surface area is 507 Å². The van der Waals surface area contributed by atoms with E-state index in [1.54, 1.807) is 58.8 Å². The fourth-order valence-electron chi connectivity index (χ4n) is 10.8. The Morgan fingerprint density at radius 1 is 0.895 bits per heavy atom. The summed E-state index contributed by atoms with van der Waals surface area (Å²) >= 11 is 8.44. The minimum atomic E-state index is -0.915. The zero-order chi connectivity index (χ0) is 61.0. The normalized spacial score (nSPS) is 16.1. The number of aromatic nitrogens is 4. The molecule has 9 rings (SSSR count). The zero-order valence-corrected chi connectivity index (χ0v) is 50.8. The number of hydrogen-bond donors (Lipinski definition) is 4. The molecule has 4 N–H and O–H groups in total. The number of anilines is 2. The molecular weight excluding hydrogens is 1150 g/mol. The van der Waals surface area contributed by atoms with Gasteiger partial charge in [-0.05, 0) is 65.4 Å². The van der Waals surface area contributed by atoms with Crippen molar-refractivity contribution < 1.29 is 57.3 Å². The first-order valence-corrected chi connectivity index (χ1v) is 30.1. The first kappa shape index (κ1) is 63.1. The summed E-state index contributed by atoms with van der Waals surface area (Å²) in [5.41, 5.74) is 5.66. The van der Waals surface area contributed by atoms with Crippen molar-refractivity contribution in [3.63, 3.8) is 0 Å². The van der Waals surface area contributed by atoms with Crippen LogP contribution in [-0.4, -0.2) is 187 Å². The van der Waals surface area contributed by atoms with Crippen molar-refractivity contribution in [2.24, 2.45) is 5.92 Å². The monoisotopic (exact) mass is 1220 g/mol. The first-order chi connectivity index (χ1) is 41.4. The molecule has 2 aliphatic heterocycles. The molecule has 0 bridgehead atoms. The summed E-state index contributed by atoms with van der Waals surface area (Å²) < 4.78 is 45.8. The minimum Gasteiger partial charge on any atom is -0.508 e. The number of aliphatic hydroxyl groups excluding tert-OH is 1. The summed E-state index contributed by atoms with van der Waals surface area (Å²) in [7, 11) is 1.68. The molecule has 86 heavy (non-hydrogen) atoms. The van der Waals surface area contributed by atoms with Gasteiger partial charge in [-0.2, -0.15) is 4.98 Å². The molecule has 0 aliphatic carbocycles. The third kappa shape index (κ3) is 15.4. The number of likely N-dealkylation sites (tertiary alicyclic amines) is 1. The first-order valence-electron chi connectivity index (χ1n) is 28.9. The van der Waals surface area contributed by atoms with Crippen LogP contribution in [0.2, 0.25) is 5.02 Å². The lowest BCUT2D eigenvalue weighted by Crippen LogP contribution is -2.49. The Kier molecular flexibility index (Phi) is 21.5. The van der Waals surface area contributed by atoms with Crippen LogP contribution in [0.3, 0.4) is 0 Å². The van der Waals surface area contributed by atoms with Crippen molar-refractivity contribution in [2.45, 2.75) is 71.6 Å². The highest BCUT2D eigenvalue weighted by Crippen LogP contribution is 2.43. The molecule has 0 radical (unpaired) electrons. The van der Waals surface area contributed by atoms with Crippen molar-refractivity contribution in [3.8, 4) is 27.3 Å². The molecule has 2 fully saturated rings. The average molecular weight is 1220 g/mol. The van der Waals surface area contributed by atoms with Crippen molar-refractivity contribution in [2.75, 3.05) is 116 Å². The van der Waals surface area contributed by atoms with Crippen molar-refractivity contribution in [1.82, 2.24) is 40.1 Å². The summed E-state index contributed by atoms with van der Waals surface area (Å²) in [6.07, 6.45) is -0.708. The SMILES string of the molecule is CC(=O)N1CCN(c2nc(NCCC(=O)N(C)CCOCCOCCOCCOC[C@H](NC(=O)[C@@H]3C[C@@H](O)CN3C(=O)C(c3cc(C)no3)C(C)C)c3ccc(-c4scnc4C)cc3)nc3c(F)c(-c4cc(O)cc5ccccc45)c(Cl)cc23)CC1. The topological polar surface area (TPSA) is 247 Å². The number of fused-ring (bicyclic) bond motifs is 2. The van der Waals surface area contributed by atoms with Gasteiger partial charge < -0.3 is 63.9 Å². The van der Waals surface area contributed by atoms with E-state index < -0.39 is 35.8 Å². The number of amides is 4. The number of likely N-dealkylation sites (N-methyl/N-ethyl adjacent to an activating group) is 1. The van der Waals surface area contributed by atoms with E-state index in [1.807, 2.05) is 74.2 Å². The number of aromatic hydroxyl groups is 1. The van der Waals surface area contributed by atoms with Gasteiger partial charge in [0.25, 0.3) is 0 Å². The number of phenolic OH excluding ortho intramolecular Hbond substituents is 1. The predicted octanol–water partition coefficient (Wildman–Crippen LogP) is 7.93. The number of benzene rings is 4. The summed E-state index contributed by atoms with van der Waals surface area (Å²) in [4.78, 5) is 75.2. The van der Waals surface area contributed by atoms with E-state index in [1.165, 1.54) is 17.9 Å². The smallest absolute Gasteiger partial charge is 0.243 e. The Balaban J connectivity index is 0.704. The molecule has 458 valence electrons. The highest BCUT2D eigenvalue weighted by Gasteiger charge is 2.44. The molecule has 5 heterocycles. The Bertz CT molecular complexity index is 3490. The zero-order valence-electron chi connectivity index (χ0n) is 49.2. The Morgan fingerprint density at radius 2 is 1.59 bits per heavy atom. The quantitative estimate of drug-likeness (QED) is 0.0357. The molecule has 7 aromatic rings. The van der Waals surface area contributed by atoms with Crippen LogP contribution in [0.4, 0.5) is 16.2 Å². The maximum atomic E-state index is 17.0. The number of carbonyl (C=O) groups excluding carboxylic acids is 4. The number of nitrogens with zero attached hydrogens (tertiary/aromatic N) is 8. The van der Waals surface area contributed by atoms with E-state index in [0.717, 1.165) is 21.7 Å². The number of halogens is 2. The molecule has 4 aromatic carbocycles. The molecule has 4 atom stereocenters. The lowest BCUT2D eigenvalue weighted by atomic mass is 9.91. The second kappa shape index (κ2) is 29.3. The van der Waals surface area contributed by atoms with Gasteiger partial charge in [0.2, 0.25) is 29.6 Å². The molecule has 0 saturated carbocycles. The van der Waals surface area contributed by atoms with Gasteiger partial charge in [-0.1, -0.05) is 79.1 Å². The van der Waals surface area contributed by atoms with E-state index in [0.29, 0.717) is 98.1 Å². The molecule has 2 aliphatic rings. The van der Waals surface area contributed by atoms with Crippen molar-refractivity contribution in [1.29, 1.82) is 0 Å². The molecule has 0 spiro atoms. The van der Waals surface area contributed by atoms with Crippen LogP contribution < -0.4 is 15.5 Å². The highest BCUT2D eigenvalue weighted by molar-refractivity contribution is 7.13. The van der Waals surface area contributed by atoms with Gasteiger partial charge in [-0.3, -0.25) is 19.2 Å². The van der Waals surface area contributed by atoms with Crippen LogP contribution in [0.1, 0.15) is 68.3 Å². The van der Waals surface area contributed by atoms with Crippen LogP contribution in [0.25, 0.3) is 43.2 Å². The van der Waals surface area contributed by atoms with Crippen molar-refractivity contribution in [3.05, 3.63) is 112 Å². The van der Waals surface area contributed by atoms with Crippen LogP contribution >= 0.6 is 22.9 Å². The van der Waals surface area contributed by atoms with Crippen molar-refractivity contribution >= 4 is 80.0 Å². The number of aryl methyl sites for hydroxylation is 2. The van der Waals surface area contributed by atoms with E-state index in [2.05, 4.69) is 25.8 Å². The number of phenols is 1. The highest BCUT2D eigenvalue weighted by atomic mass is 35.5. The minimum absolute atomic E-state index is 0.00994. The maximum Gasteiger partial charge on any atom is 0.243 e. The van der Waals surface area contributed by atoms with E-state index in [-0.39, 0.29) is 104 Å². The number of aliphatic hydroxyl groups is 1. The van der Waals surface area contributed by atoms with E-state index in [9.17, 15) is 29.4 Å². The molecular formula is C62H74ClFN10O11S. The summed E-state index contributed by atoms with van der Waals surface area (Å²) in [5.74, 6) is -1.52. The standard InChI is InChI=1S/C62H74ClFN10O11S/c1-37(2)54(52-29-38(3)70-85-52)61(80)74-34-45(77)32-51(74)60(79)67-50(41-11-13-42(14-12-41)58-39(4)66-36-86-58)35-84-28-27-83-26-25-82-24-23-81-22-21-71(6)53(78)15-16-65-62-68-57-48(59(69-62)73-19-17-72(18-20-73)40(5)75)33-49(63)55(56(57)64)47-31-44(76)30-43-9-7-8-10-46(43)47/h7-14,29-31,33,36-37,45,50-51,54,76-77H,15-28,32,34-35H2,1-6H3,(H,67,79)(H,65,68,69)/t45-,50+,51+,54?/m1/s1. The van der Waals surface area contributed by atoms with Crippen LogP contribution in [0.5, 0.6) is 5.75 Å². The lowest BCUT2D eigenvalue weighted by molar-refractivity contribution is -0.141. The number of thiazole rings is 1. The largest absolute Gasteiger partial charge is 0.508 e. The van der Waals surface area contributed by atoms with Gasteiger partial charge >= 0.3 is 0 Å². The molecule has 3 aromatic heterocycles. The van der Waals surface area contributed by atoms with Gasteiger partial charge in [0.1, 0.15) is 34.8 Å². The van der Waals surface area contributed by atoms with Gasteiger partial charge in [0.15, 0.2) is 5.82 Å². The number of rotatable bonds is 27. The van der Waals surface area contributed by atoms with Gasteiger partial charge in [-0.15, -0.1) is 11.3 Å². The number of β-amino-alcohol motifs (C(OH)–C–C–N with tert-alkyl or cyclic N) is 1. The number of carbonyl (C=O) groups is 4. The lowest BCUT2D eigenvalue weighted by Gasteiger charge is -2.35. The van der Waals surface area contributed by atoms with Gasteiger partial charge in [0, 0.05) is 89.6 Å². The Morgan fingerprint density at radius 3 is 2.26 bits per heavy atom. The third-order valence-electron chi connectivity index (χ3n) is 15.4. The summed E-state index contributed by atoms with van der Waals surface area (Å²) in [6.45, 7) is 13.5. The van der Waals surface area contributed by atoms with E-state index >= 15 is 4.39 Å². The number of nitrogens with one attached hydrogen (secondary N) is 2. The molecule has 2 saturated heterocycles. The van der Waals surface area contributed by atoms with Gasteiger partial charge in [0.05, 0.1) is 91.8 Å². The Hall–Kier alpha value is -7.38. The van der Waals surface area contributed by atoms with E-state index in [4.69, 9.17) is 40.1 Å². The molecule has 24 heteroatoms. The van der Waals surface area contributed by atoms with Crippen LogP contribution in [0.15, 0.2) is 82.8 Å². The number of hydrogen-bond acceptors (Lipinski definition) is 18. The predicted molar refractivity (Wildman–Crippen MR) is 326 cm³/mol. The fraction of sp³-hybridized carbons (Fsp3) is 0.452. The van der Waals surface area contributed by atoms with Crippen LogP contribution in [0, 0.1) is 25.6 Å². The average Bonchev–Trinajstić information content (AvgIpc) is 1.27. The number of piperazine rings is 1. The third-order valence-corrected chi connectivity index (χ3v) is 16.7. The summed E-state index contributed by atoms with van der Waals surface area (Å²) in [6, 6.07) is 20.1. The fourth-order valence-corrected chi connectivity index (χ4v) is 11.9. The second-order valence-electron chi connectivity index (χ2n) is 21.9. The molecule has 1 unspecified atom stereocenters. The molecule has 21 nitrogen and oxygen atoms in total. The number of ether oxygens (including phenoxy) is 4. The second-order valence-corrected chi connectivity index (χ2v) is 23.1. The van der Waals surface area contributed by atoms with Gasteiger partial charge in [-0.25, -0.2) is 14.4 Å².